The van der Waals surface area contributed by atoms with Gasteiger partial charge in [-0.25, -0.2) is 0 Å². The number of carbonyl (C=O) groups excluding carboxylic acids is 2. The van der Waals surface area contributed by atoms with E-state index in [0.29, 0.717) is 12.8 Å². The number of aromatic hydroxyl groups is 2. The van der Waals surface area contributed by atoms with Gasteiger partial charge in [-0.3, -0.25) is 9.59 Å². The van der Waals surface area contributed by atoms with Crippen molar-refractivity contribution in [3.8, 4) is 11.5 Å². The molecule has 6 heteroatoms. The molecule has 4 N–H and O–H groups in total. The van der Waals surface area contributed by atoms with Gasteiger partial charge in [-0.15, -0.1) is 0 Å². The highest BCUT2D eigenvalue weighted by molar-refractivity contribution is 5.76. The highest BCUT2D eigenvalue weighted by atomic mass is 16.3. The van der Waals surface area contributed by atoms with Gasteiger partial charge in [0.1, 0.15) is 11.5 Å². The number of nitrogens with one attached hydrogen (secondary N) is 2. The minimum Gasteiger partial charge on any atom is -0.508 e. The van der Waals surface area contributed by atoms with E-state index in [2.05, 4.69) is 52.2 Å². The van der Waals surface area contributed by atoms with Gasteiger partial charge in [0.15, 0.2) is 0 Å². The number of carbonyl (C=O) groups is 2. The van der Waals surface area contributed by atoms with Gasteiger partial charge in [-0.1, -0.05) is 80.1 Å². The van der Waals surface area contributed by atoms with Crippen molar-refractivity contribution in [3.63, 3.8) is 0 Å². The topological polar surface area (TPSA) is 98.7 Å². The third-order valence-electron chi connectivity index (χ3n) is 8.28. The average Bonchev–Trinajstić information content (AvgIpc) is 2.85. The van der Waals surface area contributed by atoms with Gasteiger partial charge in [0.25, 0.3) is 0 Å². The van der Waals surface area contributed by atoms with Crippen LogP contribution < -0.4 is 10.6 Å². The molecule has 0 aliphatic heterocycles. The van der Waals surface area contributed by atoms with Crippen LogP contribution in [0.1, 0.15) is 156 Å². The highest BCUT2D eigenvalue weighted by Gasteiger charge is 2.30. The average molecular weight is 561 g/mol. The fourth-order valence-electron chi connectivity index (χ4n) is 5.54. The van der Waals surface area contributed by atoms with Crippen LogP contribution >= 0.6 is 0 Å². The van der Waals surface area contributed by atoms with Crippen molar-refractivity contribution in [1.82, 2.24) is 10.6 Å². The summed E-state index contributed by atoms with van der Waals surface area (Å²) < 4.78 is 0. The molecule has 0 heterocycles. The molecule has 40 heavy (non-hydrogen) atoms. The number of phenolic OH excluding ortho intramolecular Hbond substituents is 2. The molecule has 230 valence electrons. The Hall–Kier alpha value is -2.24. The molecular weight excluding hydrogens is 500 g/mol. The number of phenols is 2. The summed E-state index contributed by atoms with van der Waals surface area (Å²) in [7, 11) is 0. The Morgan fingerprint density at radius 1 is 0.675 bits per heavy atom. The molecule has 2 amide bonds. The van der Waals surface area contributed by atoms with E-state index in [1.807, 2.05) is 13.8 Å². The molecule has 0 fully saturated rings. The van der Waals surface area contributed by atoms with E-state index in [1.165, 1.54) is 0 Å². The summed E-state index contributed by atoms with van der Waals surface area (Å²) in [5.74, 6) is 0.692. The number of rotatable bonds is 20. The maximum Gasteiger partial charge on any atom is 0.220 e. The van der Waals surface area contributed by atoms with Crippen molar-refractivity contribution >= 4 is 11.8 Å². The fraction of sp³-hybridized carbons (Fsp3) is 0.765. The summed E-state index contributed by atoms with van der Waals surface area (Å²) in [5, 5.41) is 28.3. The van der Waals surface area contributed by atoms with Gasteiger partial charge in [0, 0.05) is 36.1 Å². The first-order valence-electron chi connectivity index (χ1n) is 15.9. The molecule has 0 saturated carbocycles. The van der Waals surface area contributed by atoms with Crippen molar-refractivity contribution < 1.29 is 19.8 Å². The Kier molecular flexibility index (Phi) is 15.7. The Morgan fingerprint density at radius 2 is 1.02 bits per heavy atom. The Morgan fingerprint density at radius 3 is 1.35 bits per heavy atom. The minimum absolute atomic E-state index is 0.118. The number of unbranched alkanes of at least 4 members (excludes halogenated alkanes) is 4. The first-order chi connectivity index (χ1) is 18.7. The van der Waals surface area contributed by atoms with Crippen LogP contribution in [0.2, 0.25) is 0 Å². The lowest BCUT2D eigenvalue weighted by Gasteiger charge is -2.31. The van der Waals surface area contributed by atoms with Crippen molar-refractivity contribution in [2.45, 2.75) is 168 Å². The molecule has 1 aromatic rings. The van der Waals surface area contributed by atoms with Crippen molar-refractivity contribution in [2.24, 2.45) is 0 Å². The van der Waals surface area contributed by atoms with E-state index in [-0.39, 0.29) is 46.2 Å². The number of hydrogen-bond acceptors (Lipinski definition) is 4. The van der Waals surface area contributed by atoms with Crippen molar-refractivity contribution in [3.05, 3.63) is 23.3 Å². The summed E-state index contributed by atoms with van der Waals surface area (Å²) >= 11 is 0. The second kappa shape index (κ2) is 17.5. The quantitative estimate of drug-likeness (QED) is 0.0955. The van der Waals surface area contributed by atoms with E-state index in [9.17, 15) is 19.8 Å². The summed E-state index contributed by atoms with van der Waals surface area (Å²) in [6.07, 6.45) is 12.7. The van der Waals surface area contributed by atoms with Crippen LogP contribution in [0.4, 0.5) is 0 Å². The van der Waals surface area contributed by atoms with Crippen molar-refractivity contribution in [1.29, 1.82) is 0 Å². The fourth-order valence-corrected chi connectivity index (χ4v) is 5.54. The predicted octanol–water partition coefficient (Wildman–Crippen LogP) is 8.16. The molecule has 0 saturated heterocycles. The Bertz CT molecular complexity index is 836. The SMILES string of the molecule is CCCCCC(=O)NC(C)CCCC(C)(C)c1cc(O)c(C(C)(C)CCCC(C)NC(=O)CCCCC)cc1O. The Labute approximate surface area is 245 Å². The standard InChI is InChI=1S/C34H60N2O4/c1-9-11-13-19-31(39)35-25(3)17-15-21-33(5,6)27-23-30(38)28(24-29(27)37)34(7,8)22-16-18-26(4)36-32(40)20-14-12-10-2/h23-26,37-38H,9-22H2,1-8H3,(H,35,39)(H,36,40). The molecule has 0 bridgehead atoms. The van der Waals surface area contributed by atoms with Crippen LogP contribution in [0.3, 0.4) is 0 Å². The van der Waals surface area contributed by atoms with Crippen LogP contribution in [0.5, 0.6) is 11.5 Å². The first-order valence-corrected chi connectivity index (χ1v) is 15.9. The molecule has 0 aliphatic rings. The first kappa shape index (κ1) is 35.8. The molecule has 2 atom stereocenters. The van der Waals surface area contributed by atoms with Crippen LogP contribution in [-0.4, -0.2) is 34.1 Å². The second-order valence-corrected chi connectivity index (χ2v) is 13.3. The molecular formula is C34H60N2O4. The van der Waals surface area contributed by atoms with Gasteiger partial charge in [-0.05, 0) is 75.3 Å². The van der Waals surface area contributed by atoms with E-state index in [0.717, 1.165) is 88.2 Å². The minimum atomic E-state index is -0.320. The lowest BCUT2D eigenvalue weighted by Crippen LogP contribution is -2.32. The summed E-state index contributed by atoms with van der Waals surface area (Å²) in [4.78, 5) is 24.2. The van der Waals surface area contributed by atoms with Crippen molar-refractivity contribution in [2.75, 3.05) is 0 Å². The molecule has 0 radical (unpaired) electrons. The van der Waals surface area contributed by atoms with Crippen LogP contribution in [0, 0.1) is 0 Å². The molecule has 0 spiro atoms. The third kappa shape index (κ3) is 13.0. The second-order valence-electron chi connectivity index (χ2n) is 13.3. The van der Waals surface area contributed by atoms with Crippen LogP contribution in [-0.2, 0) is 20.4 Å². The summed E-state index contributed by atoms with van der Waals surface area (Å²) in [5.41, 5.74) is 0.861. The number of amides is 2. The van der Waals surface area contributed by atoms with E-state index >= 15 is 0 Å². The third-order valence-corrected chi connectivity index (χ3v) is 8.28. The number of benzene rings is 1. The van der Waals surface area contributed by atoms with E-state index < -0.39 is 0 Å². The van der Waals surface area contributed by atoms with Gasteiger partial charge >= 0.3 is 0 Å². The summed E-state index contributed by atoms with van der Waals surface area (Å²) in [6, 6.07) is 3.72. The highest BCUT2D eigenvalue weighted by Crippen LogP contribution is 2.43. The summed E-state index contributed by atoms with van der Waals surface area (Å²) in [6.45, 7) is 16.7. The zero-order valence-electron chi connectivity index (χ0n) is 26.9. The van der Waals surface area contributed by atoms with Gasteiger partial charge in [0.2, 0.25) is 11.8 Å². The maximum atomic E-state index is 12.1. The molecule has 0 aliphatic carbocycles. The maximum absolute atomic E-state index is 12.1. The zero-order valence-corrected chi connectivity index (χ0v) is 26.9. The molecule has 2 unspecified atom stereocenters. The molecule has 1 aromatic carbocycles. The van der Waals surface area contributed by atoms with E-state index in [1.54, 1.807) is 12.1 Å². The zero-order chi connectivity index (χ0) is 30.3. The molecule has 6 nitrogen and oxygen atoms in total. The van der Waals surface area contributed by atoms with E-state index in [4.69, 9.17) is 0 Å². The van der Waals surface area contributed by atoms with Gasteiger partial charge in [-0.2, -0.15) is 0 Å². The monoisotopic (exact) mass is 560 g/mol. The molecule has 1 rings (SSSR count). The largest absolute Gasteiger partial charge is 0.508 e. The van der Waals surface area contributed by atoms with Gasteiger partial charge in [0.05, 0.1) is 0 Å². The Balaban J connectivity index is 2.67. The lowest BCUT2D eigenvalue weighted by atomic mass is 9.75. The van der Waals surface area contributed by atoms with Gasteiger partial charge < -0.3 is 20.8 Å². The normalized spacial score (nSPS) is 13.6. The predicted molar refractivity (Wildman–Crippen MR) is 167 cm³/mol. The lowest BCUT2D eigenvalue weighted by molar-refractivity contribution is -0.122. The number of hydrogen-bond donors (Lipinski definition) is 4. The van der Waals surface area contributed by atoms with Crippen LogP contribution in [0.25, 0.3) is 0 Å². The molecule has 0 aromatic heterocycles. The van der Waals surface area contributed by atoms with Crippen LogP contribution in [0.15, 0.2) is 12.1 Å². The smallest absolute Gasteiger partial charge is 0.220 e.